The number of rotatable bonds is 8. The summed E-state index contributed by atoms with van der Waals surface area (Å²) in [6, 6.07) is 6.76. The molecule has 0 heterocycles. The second-order valence-electron chi connectivity index (χ2n) is 4.82. The Labute approximate surface area is 131 Å². The molecular formula is C14H21ClN2O3S. The Morgan fingerprint density at radius 3 is 2.38 bits per heavy atom. The number of halogens is 1. The lowest BCUT2D eigenvalue weighted by Crippen LogP contribution is -2.33. The number of amides is 1. The van der Waals surface area contributed by atoms with E-state index in [0.717, 1.165) is 12.8 Å². The van der Waals surface area contributed by atoms with E-state index in [1.165, 1.54) is 10.6 Å². The summed E-state index contributed by atoms with van der Waals surface area (Å²) in [6.45, 7) is 2.63. The van der Waals surface area contributed by atoms with Crippen LogP contribution in [0.1, 0.15) is 26.2 Å². The highest BCUT2D eigenvalue weighted by Crippen LogP contribution is 2.13. The molecule has 0 bridgehead atoms. The van der Waals surface area contributed by atoms with Crippen molar-refractivity contribution < 1.29 is 13.2 Å². The summed E-state index contributed by atoms with van der Waals surface area (Å²) in [5, 5.41) is 3.31. The summed E-state index contributed by atoms with van der Waals surface area (Å²) in [4.78, 5) is 11.8. The van der Waals surface area contributed by atoms with Crippen LogP contribution in [0.3, 0.4) is 0 Å². The zero-order valence-electron chi connectivity index (χ0n) is 12.3. The van der Waals surface area contributed by atoms with E-state index in [4.69, 9.17) is 11.6 Å². The van der Waals surface area contributed by atoms with Gasteiger partial charge in [0.15, 0.2) is 0 Å². The maximum Gasteiger partial charge on any atom is 0.225 e. The Morgan fingerprint density at radius 2 is 1.86 bits per heavy atom. The van der Waals surface area contributed by atoms with E-state index in [-0.39, 0.29) is 18.9 Å². The predicted octanol–water partition coefficient (Wildman–Crippen LogP) is 2.73. The highest BCUT2D eigenvalue weighted by molar-refractivity contribution is 7.88. The average molecular weight is 333 g/mol. The molecule has 1 amide bonds. The van der Waals surface area contributed by atoms with Crippen LogP contribution >= 0.6 is 11.6 Å². The van der Waals surface area contributed by atoms with Gasteiger partial charge in [0.2, 0.25) is 15.9 Å². The van der Waals surface area contributed by atoms with Gasteiger partial charge in [0.1, 0.15) is 0 Å². The molecule has 0 radical (unpaired) electrons. The number of nitrogens with zero attached hydrogens (tertiary/aromatic N) is 1. The quantitative estimate of drug-likeness (QED) is 0.796. The van der Waals surface area contributed by atoms with Crippen molar-refractivity contribution in [3.63, 3.8) is 0 Å². The maximum atomic E-state index is 11.8. The number of carbonyl (C=O) groups is 1. The summed E-state index contributed by atoms with van der Waals surface area (Å²) < 4.78 is 24.6. The first-order chi connectivity index (χ1) is 9.82. The van der Waals surface area contributed by atoms with Gasteiger partial charge in [-0.1, -0.05) is 24.9 Å². The third kappa shape index (κ3) is 6.93. The Kier molecular flexibility index (Phi) is 7.14. The van der Waals surface area contributed by atoms with Crippen molar-refractivity contribution in [3.05, 3.63) is 29.3 Å². The van der Waals surface area contributed by atoms with Crippen LogP contribution in [0.25, 0.3) is 0 Å². The van der Waals surface area contributed by atoms with Gasteiger partial charge in [-0.2, -0.15) is 0 Å². The zero-order valence-corrected chi connectivity index (χ0v) is 13.9. The van der Waals surface area contributed by atoms with E-state index >= 15 is 0 Å². The molecule has 1 aromatic carbocycles. The minimum Gasteiger partial charge on any atom is -0.326 e. The molecule has 1 rings (SSSR count). The van der Waals surface area contributed by atoms with Crippen LogP contribution in [-0.4, -0.2) is 38.0 Å². The number of hydrogen-bond donors (Lipinski definition) is 1. The van der Waals surface area contributed by atoms with Gasteiger partial charge in [0.05, 0.1) is 6.26 Å². The first-order valence-electron chi connectivity index (χ1n) is 6.83. The minimum absolute atomic E-state index is 0.124. The van der Waals surface area contributed by atoms with E-state index in [9.17, 15) is 13.2 Å². The van der Waals surface area contributed by atoms with E-state index in [1.54, 1.807) is 24.3 Å². The molecule has 5 nitrogen and oxygen atoms in total. The van der Waals surface area contributed by atoms with Crippen LogP contribution in [0.4, 0.5) is 5.69 Å². The Bertz CT molecular complexity index is 558. The highest BCUT2D eigenvalue weighted by atomic mass is 35.5. The van der Waals surface area contributed by atoms with Crippen LogP contribution in [0.15, 0.2) is 24.3 Å². The topological polar surface area (TPSA) is 66.5 Å². The molecule has 0 saturated carbocycles. The molecule has 0 fully saturated rings. The van der Waals surface area contributed by atoms with Gasteiger partial charge in [-0.25, -0.2) is 12.7 Å². The van der Waals surface area contributed by atoms with E-state index in [2.05, 4.69) is 5.32 Å². The molecule has 1 aromatic rings. The van der Waals surface area contributed by atoms with Crippen LogP contribution in [0.5, 0.6) is 0 Å². The van der Waals surface area contributed by atoms with Crippen molar-refractivity contribution in [2.75, 3.05) is 24.7 Å². The van der Waals surface area contributed by atoms with Crippen molar-refractivity contribution in [1.29, 1.82) is 0 Å². The zero-order chi connectivity index (χ0) is 15.9. The second kappa shape index (κ2) is 8.36. The molecule has 0 aliphatic heterocycles. The van der Waals surface area contributed by atoms with Gasteiger partial charge < -0.3 is 5.32 Å². The van der Waals surface area contributed by atoms with Crippen molar-refractivity contribution >= 4 is 33.2 Å². The molecule has 0 atom stereocenters. The van der Waals surface area contributed by atoms with Crippen molar-refractivity contribution in [2.24, 2.45) is 0 Å². The van der Waals surface area contributed by atoms with Crippen molar-refractivity contribution in [2.45, 2.75) is 26.2 Å². The van der Waals surface area contributed by atoms with E-state index in [0.29, 0.717) is 17.3 Å². The number of nitrogens with one attached hydrogen (secondary N) is 1. The van der Waals surface area contributed by atoms with Crippen LogP contribution in [0, 0.1) is 0 Å². The number of unbranched alkanes of at least 4 members (excludes halogenated alkanes) is 1. The summed E-state index contributed by atoms with van der Waals surface area (Å²) >= 11 is 5.76. The molecule has 7 heteroatoms. The number of benzene rings is 1. The van der Waals surface area contributed by atoms with Crippen molar-refractivity contribution in [1.82, 2.24) is 4.31 Å². The third-order valence-electron chi connectivity index (χ3n) is 2.95. The Hall–Kier alpha value is -1.11. The fraction of sp³-hybridized carbons (Fsp3) is 0.500. The normalized spacial score (nSPS) is 11.6. The number of anilines is 1. The van der Waals surface area contributed by atoms with E-state index in [1.807, 2.05) is 6.92 Å². The summed E-state index contributed by atoms with van der Waals surface area (Å²) in [5.41, 5.74) is 0.642. The molecule has 0 aliphatic rings. The fourth-order valence-electron chi connectivity index (χ4n) is 1.76. The molecule has 0 unspecified atom stereocenters. The van der Waals surface area contributed by atoms with Crippen LogP contribution in [-0.2, 0) is 14.8 Å². The molecule has 0 spiro atoms. The SMILES string of the molecule is CCCCN(CCC(=O)Nc1ccc(Cl)cc1)S(C)(=O)=O. The van der Waals surface area contributed by atoms with Gasteiger partial charge in [0, 0.05) is 30.2 Å². The molecule has 0 aromatic heterocycles. The van der Waals surface area contributed by atoms with E-state index < -0.39 is 10.0 Å². The van der Waals surface area contributed by atoms with Gasteiger partial charge in [-0.15, -0.1) is 0 Å². The van der Waals surface area contributed by atoms with Gasteiger partial charge in [-0.3, -0.25) is 4.79 Å². The lowest BCUT2D eigenvalue weighted by atomic mass is 10.3. The van der Waals surface area contributed by atoms with Crippen LogP contribution in [0.2, 0.25) is 5.02 Å². The first kappa shape index (κ1) is 17.9. The Morgan fingerprint density at radius 1 is 1.24 bits per heavy atom. The largest absolute Gasteiger partial charge is 0.326 e. The molecular weight excluding hydrogens is 312 g/mol. The van der Waals surface area contributed by atoms with Gasteiger partial charge in [0.25, 0.3) is 0 Å². The van der Waals surface area contributed by atoms with Gasteiger partial charge >= 0.3 is 0 Å². The number of carbonyl (C=O) groups excluding carboxylic acids is 1. The smallest absolute Gasteiger partial charge is 0.225 e. The molecule has 0 aliphatic carbocycles. The molecule has 1 N–H and O–H groups in total. The highest BCUT2D eigenvalue weighted by Gasteiger charge is 2.17. The lowest BCUT2D eigenvalue weighted by molar-refractivity contribution is -0.116. The standard InChI is InChI=1S/C14H21ClN2O3S/c1-3-4-10-17(21(2,19)20)11-9-14(18)16-13-7-5-12(15)6-8-13/h5-8H,3-4,9-11H2,1-2H3,(H,16,18). The summed E-state index contributed by atoms with van der Waals surface area (Å²) in [7, 11) is -3.28. The fourth-order valence-corrected chi connectivity index (χ4v) is 2.77. The molecule has 118 valence electrons. The first-order valence-corrected chi connectivity index (χ1v) is 9.06. The Balaban J connectivity index is 2.51. The lowest BCUT2D eigenvalue weighted by Gasteiger charge is -2.19. The third-order valence-corrected chi connectivity index (χ3v) is 4.50. The molecule has 0 saturated heterocycles. The second-order valence-corrected chi connectivity index (χ2v) is 7.24. The summed E-state index contributed by atoms with van der Waals surface area (Å²) in [6.07, 6.45) is 2.98. The predicted molar refractivity (Wildman–Crippen MR) is 86.0 cm³/mol. The number of sulfonamides is 1. The van der Waals surface area contributed by atoms with Crippen molar-refractivity contribution in [3.8, 4) is 0 Å². The maximum absolute atomic E-state index is 11.8. The van der Waals surface area contributed by atoms with Gasteiger partial charge in [-0.05, 0) is 30.7 Å². The summed E-state index contributed by atoms with van der Waals surface area (Å²) in [5.74, 6) is -0.220. The average Bonchev–Trinajstić information content (AvgIpc) is 2.40. The van der Waals surface area contributed by atoms with Crippen LogP contribution < -0.4 is 5.32 Å². The number of hydrogen-bond acceptors (Lipinski definition) is 3. The monoisotopic (exact) mass is 332 g/mol. The minimum atomic E-state index is -3.28. The molecule has 21 heavy (non-hydrogen) atoms.